The molecule has 0 fully saturated rings. The molecule has 0 saturated heterocycles. The minimum absolute atomic E-state index is 0.125. The van der Waals surface area contributed by atoms with E-state index >= 15 is 0 Å². The Hall–Kier alpha value is -2.14. The van der Waals surface area contributed by atoms with Crippen molar-refractivity contribution in [3.63, 3.8) is 0 Å². The molecular formula is C20H25NO3S. The summed E-state index contributed by atoms with van der Waals surface area (Å²) in [6.07, 6.45) is 0. The van der Waals surface area contributed by atoms with Gasteiger partial charge in [0, 0.05) is 5.69 Å². The summed E-state index contributed by atoms with van der Waals surface area (Å²) < 4.78 is 24.8. The zero-order chi connectivity index (χ0) is 18.6. The first-order valence-electron chi connectivity index (χ1n) is 8.32. The lowest BCUT2D eigenvalue weighted by Gasteiger charge is -2.11. The van der Waals surface area contributed by atoms with Gasteiger partial charge in [0.05, 0.1) is 5.75 Å². The van der Waals surface area contributed by atoms with Crippen molar-refractivity contribution in [3.8, 4) is 0 Å². The molecule has 2 rings (SSSR count). The second kappa shape index (κ2) is 7.83. The van der Waals surface area contributed by atoms with E-state index in [0.29, 0.717) is 11.6 Å². The molecule has 0 unspecified atom stereocenters. The Kier molecular flexibility index (Phi) is 6.01. The maximum atomic E-state index is 12.4. The molecule has 5 heteroatoms. The van der Waals surface area contributed by atoms with Gasteiger partial charge in [-0.25, -0.2) is 8.42 Å². The van der Waals surface area contributed by atoms with Gasteiger partial charge < -0.3 is 5.32 Å². The topological polar surface area (TPSA) is 63.2 Å². The number of carbonyl (C=O) groups is 1. The third-order valence-electron chi connectivity index (χ3n) is 4.07. The van der Waals surface area contributed by atoms with Gasteiger partial charge in [0.2, 0.25) is 5.91 Å². The maximum Gasteiger partial charge on any atom is 0.239 e. The zero-order valence-corrected chi connectivity index (χ0v) is 16.0. The van der Waals surface area contributed by atoms with Gasteiger partial charge in [0.15, 0.2) is 9.84 Å². The molecule has 25 heavy (non-hydrogen) atoms. The van der Waals surface area contributed by atoms with Crippen LogP contribution in [0.25, 0.3) is 0 Å². The number of sulfone groups is 1. The number of hydrogen-bond acceptors (Lipinski definition) is 3. The van der Waals surface area contributed by atoms with Crippen LogP contribution >= 0.6 is 0 Å². The van der Waals surface area contributed by atoms with Crippen LogP contribution in [0.2, 0.25) is 0 Å². The molecule has 0 aliphatic heterocycles. The SMILES string of the molecule is Cc1ccc(C)c(CS(=O)(=O)CC(=O)Nc2cccc(C(C)C)c2)c1. The Labute approximate surface area is 150 Å². The van der Waals surface area contributed by atoms with Gasteiger partial charge >= 0.3 is 0 Å². The lowest BCUT2D eigenvalue weighted by Crippen LogP contribution is -2.24. The van der Waals surface area contributed by atoms with E-state index in [9.17, 15) is 13.2 Å². The molecule has 2 aromatic rings. The molecule has 0 radical (unpaired) electrons. The summed E-state index contributed by atoms with van der Waals surface area (Å²) in [5.41, 5.74) is 4.38. The van der Waals surface area contributed by atoms with Crippen molar-refractivity contribution in [2.45, 2.75) is 39.4 Å². The van der Waals surface area contributed by atoms with Crippen molar-refractivity contribution < 1.29 is 13.2 Å². The van der Waals surface area contributed by atoms with Crippen molar-refractivity contribution in [2.75, 3.05) is 11.1 Å². The molecule has 0 aliphatic rings. The molecule has 0 atom stereocenters. The van der Waals surface area contributed by atoms with Crippen LogP contribution in [0.5, 0.6) is 0 Å². The Morgan fingerprint density at radius 1 is 1.08 bits per heavy atom. The summed E-state index contributed by atoms with van der Waals surface area (Å²) in [5.74, 6) is -0.817. The second-order valence-electron chi connectivity index (χ2n) is 6.79. The number of nitrogens with one attached hydrogen (secondary N) is 1. The average Bonchev–Trinajstić information content (AvgIpc) is 2.50. The Bertz CT molecular complexity index is 870. The number of hydrogen-bond donors (Lipinski definition) is 1. The van der Waals surface area contributed by atoms with E-state index in [4.69, 9.17) is 0 Å². The standard InChI is InChI=1S/C20H25NO3S/c1-14(2)17-6-5-7-19(11-17)21-20(22)13-25(23,24)12-18-10-15(3)8-9-16(18)4/h5-11,14H,12-13H2,1-4H3,(H,21,22). The van der Waals surface area contributed by atoms with Crippen molar-refractivity contribution in [2.24, 2.45) is 0 Å². The van der Waals surface area contributed by atoms with Gasteiger partial charge in [-0.3, -0.25) is 4.79 Å². The Morgan fingerprint density at radius 2 is 1.80 bits per heavy atom. The van der Waals surface area contributed by atoms with Crippen LogP contribution in [0.4, 0.5) is 5.69 Å². The van der Waals surface area contributed by atoms with Gasteiger partial charge in [-0.05, 0) is 48.6 Å². The van der Waals surface area contributed by atoms with Gasteiger partial charge in [-0.15, -0.1) is 0 Å². The fourth-order valence-corrected chi connectivity index (χ4v) is 3.97. The van der Waals surface area contributed by atoms with Crippen LogP contribution in [-0.2, 0) is 20.4 Å². The zero-order valence-electron chi connectivity index (χ0n) is 15.2. The lowest BCUT2D eigenvalue weighted by atomic mass is 10.0. The smallest absolute Gasteiger partial charge is 0.239 e. The van der Waals surface area contributed by atoms with E-state index in [1.54, 1.807) is 6.07 Å². The molecule has 134 valence electrons. The summed E-state index contributed by atoms with van der Waals surface area (Å²) in [6.45, 7) is 7.93. The molecule has 0 aliphatic carbocycles. The minimum Gasteiger partial charge on any atom is -0.325 e. The molecule has 0 aromatic heterocycles. The van der Waals surface area contributed by atoms with E-state index in [0.717, 1.165) is 22.3 Å². The van der Waals surface area contributed by atoms with Crippen molar-refractivity contribution >= 4 is 21.4 Å². The molecule has 2 aromatic carbocycles. The molecule has 0 heterocycles. The molecule has 0 saturated carbocycles. The maximum absolute atomic E-state index is 12.4. The molecule has 1 amide bonds. The minimum atomic E-state index is -3.53. The van der Waals surface area contributed by atoms with E-state index in [1.165, 1.54) is 0 Å². The van der Waals surface area contributed by atoms with Gasteiger partial charge in [-0.1, -0.05) is 49.7 Å². The van der Waals surface area contributed by atoms with Crippen molar-refractivity contribution in [1.29, 1.82) is 0 Å². The van der Waals surface area contributed by atoms with E-state index < -0.39 is 21.5 Å². The third-order valence-corrected chi connectivity index (χ3v) is 5.52. The highest BCUT2D eigenvalue weighted by Gasteiger charge is 2.19. The normalized spacial score (nSPS) is 11.6. The quantitative estimate of drug-likeness (QED) is 0.848. The summed E-state index contributed by atoms with van der Waals surface area (Å²) in [4.78, 5) is 12.2. The number of carbonyl (C=O) groups excluding carboxylic acids is 1. The van der Waals surface area contributed by atoms with Crippen LogP contribution in [0.1, 0.15) is 42.0 Å². The van der Waals surface area contributed by atoms with E-state index in [-0.39, 0.29) is 5.75 Å². The lowest BCUT2D eigenvalue weighted by molar-refractivity contribution is -0.113. The molecule has 1 N–H and O–H groups in total. The Balaban J connectivity index is 2.06. The molecular weight excluding hydrogens is 334 g/mol. The number of anilines is 1. The van der Waals surface area contributed by atoms with Crippen molar-refractivity contribution in [1.82, 2.24) is 0 Å². The first-order valence-corrected chi connectivity index (χ1v) is 10.1. The summed E-state index contributed by atoms with van der Waals surface area (Å²) in [7, 11) is -3.53. The summed E-state index contributed by atoms with van der Waals surface area (Å²) >= 11 is 0. The molecule has 4 nitrogen and oxygen atoms in total. The number of rotatable bonds is 6. The Morgan fingerprint density at radius 3 is 2.48 bits per heavy atom. The second-order valence-corrected chi connectivity index (χ2v) is 8.86. The van der Waals surface area contributed by atoms with Gasteiger partial charge in [0.25, 0.3) is 0 Å². The van der Waals surface area contributed by atoms with Crippen LogP contribution in [-0.4, -0.2) is 20.1 Å². The number of aryl methyl sites for hydroxylation is 2. The first kappa shape index (κ1) is 19.2. The highest BCUT2D eigenvalue weighted by Crippen LogP contribution is 2.19. The van der Waals surface area contributed by atoms with Crippen LogP contribution in [0, 0.1) is 13.8 Å². The highest BCUT2D eigenvalue weighted by atomic mass is 32.2. The largest absolute Gasteiger partial charge is 0.325 e. The first-order chi connectivity index (χ1) is 11.7. The third kappa shape index (κ3) is 5.71. The predicted molar refractivity (Wildman–Crippen MR) is 103 cm³/mol. The van der Waals surface area contributed by atoms with Crippen LogP contribution in [0.15, 0.2) is 42.5 Å². The summed E-state index contributed by atoms with van der Waals surface area (Å²) in [6, 6.07) is 13.2. The molecule has 0 spiro atoms. The molecule has 0 bridgehead atoms. The van der Waals surface area contributed by atoms with E-state index in [2.05, 4.69) is 19.2 Å². The monoisotopic (exact) mass is 359 g/mol. The summed E-state index contributed by atoms with van der Waals surface area (Å²) in [5, 5.41) is 2.69. The van der Waals surface area contributed by atoms with Crippen molar-refractivity contribution in [3.05, 3.63) is 64.7 Å². The van der Waals surface area contributed by atoms with Crippen LogP contribution in [0.3, 0.4) is 0 Å². The fraction of sp³-hybridized carbons (Fsp3) is 0.350. The van der Waals surface area contributed by atoms with E-state index in [1.807, 2.05) is 50.2 Å². The fourth-order valence-electron chi connectivity index (χ4n) is 2.62. The number of benzene rings is 2. The predicted octanol–water partition coefficient (Wildman–Crippen LogP) is 3.98. The average molecular weight is 359 g/mol. The number of amides is 1. The highest BCUT2D eigenvalue weighted by molar-refractivity contribution is 7.91. The van der Waals surface area contributed by atoms with Gasteiger partial charge in [-0.2, -0.15) is 0 Å². The van der Waals surface area contributed by atoms with Crippen LogP contribution < -0.4 is 5.32 Å². The van der Waals surface area contributed by atoms with Gasteiger partial charge in [0.1, 0.15) is 5.75 Å².